The van der Waals surface area contributed by atoms with Crippen molar-refractivity contribution in [2.24, 2.45) is 0 Å². The standard InChI is InChI=1S/C31H36N6O4/c1-4-40-31(39)28-27-19-41-29-21(7-5-10-26(29)37(27)20-32-28)13-14-35-15-17-36(18-16-35)25-9-6-8-23-22(25)11-12-24(33-23)30(38)34(2)3/h5-12,20,30,38H,4,13-19H2,1-3H3. The van der Waals surface area contributed by atoms with Crippen molar-refractivity contribution >= 4 is 22.6 Å². The van der Waals surface area contributed by atoms with E-state index in [0.717, 1.165) is 72.7 Å². The minimum Gasteiger partial charge on any atom is -0.485 e. The van der Waals surface area contributed by atoms with E-state index in [0.29, 0.717) is 18.0 Å². The predicted molar refractivity (Wildman–Crippen MR) is 157 cm³/mol. The number of hydrogen-bond acceptors (Lipinski definition) is 9. The topological polar surface area (TPSA) is 96.2 Å². The van der Waals surface area contributed by atoms with Crippen LogP contribution in [0, 0.1) is 0 Å². The number of imidazole rings is 1. The summed E-state index contributed by atoms with van der Waals surface area (Å²) in [5.74, 6) is 0.435. The Kier molecular flexibility index (Phi) is 7.61. The van der Waals surface area contributed by atoms with Crippen LogP contribution in [0.25, 0.3) is 16.6 Å². The number of rotatable bonds is 8. The number of pyridine rings is 1. The summed E-state index contributed by atoms with van der Waals surface area (Å²) >= 11 is 0. The van der Waals surface area contributed by atoms with E-state index >= 15 is 0 Å². The third-order valence-corrected chi connectivity index (χ3v) is 7.92. The number of hydrogen-bond donors (Lipinski definition) is 1. The molecule has 0 saturated carbocycles. The molecule has 0 aliphatic carbocycles. The number of piperazine rings is 1. The fraction of sp³-hybridized carbons (Fsp3) is 0.387. The molecule has 2 aromatic heterocycles. The quantitative estimate of drug-likeness (QED) is 0.259. The van der Waals surface area contributed by atoms with E-state index in [1.807, 2.05) is 49.0 Å². The number of esters is 1. The number of aliphatic hydroxyl groups excluding tert-OH is 1. The van der Waals surface area contributed by atoms with Gasteiger partial charge >= 0.3 is 5.97 Å². The third-order valence-electron chi connectivity index (χ3n) is 7.92. The highest BCUT2D eigenvalue weighted by Gasteiger charge is 2.27. The van der Waals surface area contributed by atoms with Crippen LogP contribution < -0.4 is 9.64 Å². The molecule has 2 aromatic carbocycles. The highest BCUT2D eigenvalue weighted by atomic mass is 16.5. The van der Waals surface area contributed by atoms with Crippen LogP contribution in [-0.2, 0) is 17.8 Å². The van der Waals surface area contributed by atoms with Gasteiger partial charge in [0, 0.05) is 43.8 Å². The van der Waals surface area contributed by atoms with E-state index < -0.39 is 12.2 Å². The van der Waals surface area contributed by atoms with E-state index in [-0.39, 0.29) is 6.61 Å². The minimum atomic E-state index is -0.726. The van der Waals surface area contributed by atoms with Gasteiger partial charge in [0.25, 0.3) is 0 Å². The average molecular weight is 557 g/mol. The Morgan fingerprint density at radius 2 is 1.85 bits per heavy atom. The molecule has 1 unspecified atom stereocenters. The Morgan fingerprint density at radius 3 is 2.63 bits per heavy atom. The number of aromatic nitrogens is 3. The molecule has 1 N–H and O–H groups in total. The van der Waals surface area contributed by atoms with Gasteiger partial charge in [-0.2, -0.15) is 0 Å². The van der Waals surface area contributed by atoms with Crippen molar-refractivity contribution in [3.63, 3.8) is 0 Å². The maximum absolute atomic E-state index is 12.3. The first-order valence-corrected chi connectivity index (χ1v) is 14.1. The highest BCUT2D eigenvalue weighted by molar-refractivity contribution is 5.92. The molecule has 10 nitrogen and oxygen atoms in total. The van der Waals surface area contributed by atoms with Crippen LogP contribution in [0.4, 0.5) is 5.69 Å². The van der Waals surface area contributed by atoms with Crippen molar-refractivity contribution in [3.8, 4) is 11.4 Å². The second kappa shape index (κ2) is 11.5. The molecule has 0 radical (unpaired) electrons. The summed E-state index contributed by atoms with van der Waals surface area (Å²) in [5, 5.41) is 11.5. The van der Waals surface area contributed by atoms with Crippen LogP contribution in [0.1, 0.15) is 40.6 Å². The Morgan fingerprint density at radius 1 is 1.07 bits per heavy atom. The molecule has 2 aliphatic rings. The number of para-hydroxylation sites is 1. The van der Waals surface area contributed by atoms with Gasteiger partial charge in [-0.3, -0.25) is 14.4 Å². The SMILES string of the molecule is CCOC(=O)c1ncn2c1COc1c(CCN3CCN(c4cccc5nc(C(O)N(C)C)ccc45)CC3)cccc1-2. The molecular formula is C31H36N6O4. The third kappa shape index (κ3) is 5.26. The Bertz CT molecular complexity index is 1560. The number of nitrogens with zero attached hydrogens (tertiary/aromatic N) is 6. The van der Waals surface area contributed by atoms with Gasteiger partial charge in [-0.15, -0.1) is 0 Å². The molecule has 0 bridgehead atoms. The van der Waals surface area contributed by atoms with E-state index in [1.54, 1.807) is 18.2 Å². The zero-order valence-electron chi connectivity index (χ0n) is 23.8. The molecule has 1 saturated heterocycles. The lowest BCUT2D eigenvalue weighted by atomic mass is 10.1. The van der Waals surface area contributed by atoms with Crippen LogP contribution in [0.2, 0.25) is 0 Å². The maximum Gasteiger partial charge on any atom is 0.358 e. The van der Waals surface area contributed by atoms with Gasteiger partial charge in [0.2, 0.25) is 0 Å². The minimum absolute atomic E-state index is 0.284. The first-order chi connectivity index (χ1) is 19.9. The van der Waals surface area contributed by atoms with E-state index in [9.17, 15) is 9.90 Å². The predicted octanol–water partition coefficient (Wildman–Crippen LogP) is 3.41. The van der Waals surface area contributed by atoms with Crippen LogP contribution in [0.3, 0.4) is 0 Å². The fourth-order valence-electron chi connectivity index (χ4n) is 5.68. The van der Waals surface area contributed by atoms with Crippen LogP contribution in [-0.4, -0.2) is 88.8 Å². The second-order valence-electron chi connectivity index (χ2n) is 10.7. The highest BCUT2D eigenvalue weighted by Crippen LogP contribution is 2.35. The lowest BCUT2D eigenvalue weighted by Gasteiger charge is -2.36. The van der Waals surface area contributed by atoms with Crippen molar-refractivity contribution in [2.75, 3.05) is 58.3 Å². The molecule has 214 valence electrons. The van der Waals surface area contributed by atoms with Crippen LogP contribution >= 0.6 is 0 Å². The fourth-order valence-corrected chi connectivity index (χ4v) is 5.68. The molecule has 41 heavy (non-hydrogen) atoms. The lowest BCUT2D eigenvalue weighted by Crippen LogP contribution is -2.47. The molecule has 0 amide bonds. The molecule has 1 fully saturated rings. The molecule has 0 spiro atoms. The summed E-state index contributed by atoms with van der Waals surface area (Å²) < 4.78 is 13.3. The van der Waals surface area contributed by atoms with Gasteiger partial charge in [0.1, 0.15) is 24.9 Å². The first kappa shape index (κ1) is 27.2. The van der Waals surface area contributed by atoms with Gasteiger partial charge in [-0.05, 0) is 63.3 Å². The number of anilines is 1. The molecule has 4 heterocycles. The number of carbonyl (C=O) groups is 1. The summed E-state index contributed by atoms with van der Waals surface area (Å²) in [6, 6.07) is 16.4. The lowest BCUT2D eigenvalue weighted by molar-refractivity contribution is 0.0361. The summed E-state index contributed by atoms with van der Waals surface area (Å²) in [5.41, 5.74) is 5.82. The van der Waals surface area contributed by atoms with Gasteiger partial charge in [-0.1, -0.05) is 18.2 Å². The Hall–Kier alpha value is -3.99. The van der Waals surface area contributed by atoms with E-state index in [1.165, 1.54) is 5.69 Å². The van der Waals surface area contributed by atoms with Gasteiger partial charge in [0.05, 0.1) is 29.2 Å². The largest absolute Gasteiger partial charge is 0.485 e. The van der Waals surface area contributed by atoms with Crippen molar-refractivity contribution in [3.05, 3.63) is 77.5 Å². The molecule has 6 rings (SSSR count). The first-order valence-electron chi connectivity index (χ1n) is 14.1. The average Bonchev–Trinajstić information content (AvgIpc) is 3.44. The smallest absolute Gasteiger partial charge is 0.358 e. The van der Waals surface area contributed by atoms with Crippen molar-refractivity contribution in [1.82, 2.24) is 24.3 Å². The molecule has 10 heteroatoms. The molecular weight excluding hydrogens is 520 g/mol. The molecule has 4 aromatic rings. The van der Waals surface area contributed by atoms with Crippen molar-refractivity contribution in [2.45, 2.75) is 26.2 Å². The zero-order valence-corrected chi connectivity index (χ0v) is 23.8. The number of fused-ring (bicyclic) bond motifs is 4. The summed E-state index contributed by atoms with van der Waals surface area (Å²) in [7, 11) is 3.68. The maximum atomic E-state index is 12.3. The van der Waals surface area contributed by atoms with Crippen LogP contribution in [0.5, 0.6) is 5.75 Å². The number of aliphatic hydroxyl groups is 1. The number of carbonyl (C=O) groups excluding carboxylic acids is 1. The number of benzene rings is 2. The Balaban J connectivity index is 1.11. The summed E-state index contributed by atoms with van der Waals surface area (Å²) in [6.45, 7) is 7.10. The molecule has 2 aliphatic heterocycles. The van der Waals surface area contributed by atoms with Gasteiger partial charge in [-0.25, -0.2) is 14.8 Å². The summed E-state index contributed by atoms with van der Waals surface area (Å²) in [6.07, 6.45) is 1.82. The second-order valence-corrected chi connectivity index (χ2v) is 10.7. The van der Waals surface area contributed by atoms with Gasteiger partial charge in [0.15, 0.2) is 5.69 Å². The van der Waals surface area contributed by atoms with E-state index in [4.69, 9.17) is 14.5 Å². The summed E-state index contributed by atoms with van der Waals surface area (Å²) in [4.78, 5) is 28.0. The van der Waals surface area contributed by atoms with E-state index in [2.05, 4.69) is 33.0 Å². The monoisotopic (exact) mass is 556 g/mol. The zero-order chi connectivity index (χ0) is 28.5. The van der Waals surface area contributed by atoms with Crippen molar-refractivity contribution < 1.29 is 19.4 Å². The van der Waals surface area contributed by atoms with Gasteiger partial charge < -0.3 is 19.5 Å². The van der Waals surface area contributed by atoms with Crippen LogP contribution in [0.15, 0.2) is 54.9 Å². The number of ether oxygens (including phenoxy) is 2. The normalized spacial score (nSPS) is 15.9. The molecule has 1 atom stereocenters. The van der Waals surface area contributed by atoms with Crippen molar-refractivity contribution in [1.29, 1.82) is 0 Å². The Labute approximate surface area is 239 Å².